The lowest BCUT2D eigenvalue weighted by Crippen LogP contribution is -2.31. The fourth-order valence-corrected chi connectivity index (χ4v) is 1.93. The summed E-state index contributed by atoms with van der Waals surface area (Å²) in [5.41, 5.74) is 0.607. The maximum absolute atomic E-state index is 8.96. The van der Waals surface area contributed by atoms with Crippen LogP contribution in [0, 0.1) is 0 Å². The van der Waals surface area contributed by atoms with E-state index in [0.29, 0.717) is 11.7 Å². The Labute approximate surface area is 94.7 Å². The average molecular weight is 227 g/mol. The molecular weight excluding hydrogens is 210 g/mol. The number of anilines is 1. The van der Waals surface area contributed by atoms with Crippen molar-refractivity contribution in [2.45, 2.75) is 19.6 Å². The van der Waals surface area contributed by atoms with Gasteiger partial charge in [-0.05, 0) is 13.2 Å². The second-order valence-electron chi connectivity index (χ2n) is 3.44. The molecule has 0 saturated heterocycles. The van der Waals surface area contributed by atoms with Gasteiger partial charge in [0.2, 0.25) is 0 Å². The van der Waals surface area contributed by atoms with Crippen LogP contribution in [0.4, 0.5) is 5.82 Å². The van der Waals surface area contributed by atoms with Gasteiger partial charge in [-0.1, -0.05) is 0 Å². The molecule has 15 heavy (non-hydrogen) atoms. The van der Waals surface area contributed by atoms with Crippen LogP contribution in [0.2, 0.25) is 0 Å². The smallest absolute Gasteiger partial charge is 0.147 e. The number of hydrogen-bond acceptors (Lipinski definition) is 5. The summed E-state index contributed by atoms with van der Waals surface area (Å²) in [4.78, 5) is 10.4. The standard InChI is InChI=1S/C10H17N3OS/c1-8(7-15-3)13(2)10-5-11-4-9(6-14)12-10/h4-5,8,14H,6-7H2,1-3H3. The summed E-state index contributed by atoms with van der Waals surface area (Å²) in [6, 6.07) is 0.406. The molecule has 0 aliphatic rings. The molecule has 84 valence electrons. The number of aromatic nitrogens is 2. The Morgan fingerprint density at radius 1 is 1.53 bits per heavy atom. The number of thioether (sulfide) groups is 1. The van der Waals surface area contributed by atoms with Crippen LogP contribution < -0.4 is 4.90 Å². The molecule has 1 atom stereocenters. The van der Waals surface area contributed by atoms with Crippen molar-refractivity contribution in [1.29, 1.82) is 0 Å². The summed E-state index contributed by atoms with van der Waals surface area (Å²) >= 11 is 1.80. The zero-order chi connectivity index (χ0) is 11.3. The maximum atomic E-state index is 8.96. The number of rotatable bonds is 5. The molecule has 0 aliphatic heterocycles. The van der Waals surface area contributed by atoms with E-state index in [9.17, 15) is 0 Å². The fraction of sp³-hybridized carbons (Fsp3) is 0.600. The highest BCUT2D eigenvalue weighted by Gasteiger charge is 2.11. The van der Waals surface area contributed by atoms with E-state index in [0.717, 1.165) is 11.6 Å². The molecular formula is C10H17N3OS. The Kier molecular flexibility index (Phi) is 4.84. The zero-order valence-corrected chi connectivity index (χ0v) is 10.2. The predicted molar refractivity (Wildman–Crippen MR) is 64.2 cm³/mol. The molecule has 1 rings (SSSR count). The molecule has 4 nitrogen and oxygen atoms in total. The van der Waals surface area contributed by atoms with Gasteiger partial charge in [0.1, 0.15) is 5.82 Å². The molecule has 0 spiro atoms. The highest BCUT2D eigenvalue weighted by Crippen LogP contribution is 2.13. The van der Waals surface area contributed by atoms with E-state index in [1.807, 2.05) is 7.05 Å². The lowest BCUT2D eigenvalue weighted by atomic mass is 10.3. The Morgan fingerprint density at radius 3 is 2.87 bits per heavy atom. The van der Waals surface area contributed by atoms with E-state index in [1.165, 1.54) is 0 Å². The highest BCUT2D eigenvalue weighted by molar-refractivity contribution is 7.98. The number of aliphatic hydroxyl groups is 1. The molecule has 0 amide bonds. The van der Waals surface area contributed by atoms with E-state index in [4.69, 9.17) is 5.11 Å². The molecule has 1 unspecified atom stereocenters. The van der Waals surface area contributed by atoms with Crippen LogP contribution in [0.1, 0.15) is 12.6 Å². The highest BCUT2D eigenvalue weighted by atomic mass is 32.2. The largest absolute Gasteiger partial charge is 0.390 e. The zero-order valence-electron chi connectivity index (χ0n) is 9.34. The Bertz CT molecular complexity index is 308. The quantitative estimate of drug-likeness (QED) is 0.818. The van der Waals surface area contributed by atoms with Gasteiger partial charge in [0.15, 0.2) is 0 Å². The van der Waals surface area contributed by atoms with E-state index in [-0.39, 0.29) is 6.61 Å². The summed E-state index contributed by atoms with van der Waals surface area (Å²) in [6.07, 6.45) is 5.38. The minimum Gasteiger partial charge on any atom is -0.390 e. The lowest BCUT2D eigenvalue weighted by molar-refractivity contribution is 0.276. The molecule has 0 fully saturated rings. The molecule has 5 heteroatoms. The minimum atomic E-state index is -0.0639. The van der Waals surface area contributed by atoms with Crippen molar-refractivity contribution in [3.05, 3.63) is 18.1 Å². The van der Waals surface area contributed by atoms with Gasteiger partial charge < -0.3 is 10.0 Å². The second-order valence-corrected chi connectivity index (χ2v) is 4.35. The van der Waals surface area contributed by atoms with Crippen LogP contribution >= 0.6 is 11.8 Å². The van der Waals surface area contributed by atoms with Gasteiger partial charge in [-0.15, -0.1) is 0 Å². The van der Waals surface area contributed by atoms with Crippen molar-refractivity contribution in [3.8, 4) is 0 Å². The molecule has 0 bridgehead atoms. The Morgan fingerprint density at radius 2 is 2.27 bits per heavy atom. The van der Waals surface area contributed by atoms with Crippen molar-refractivity contribution >= 4 is 17.6 Å². The van der Waals surface area contributed by atoms with Crippen LogP contribution in [0.5, 0.6) is 0 Å². The third-order valence-electron chi connectivity index (χ3n) is 2.26. The van der Waals surface area contributed by atoms with E-state index < -0.39 is 0 Å². The summed E-state index contributed by atoms with van der Waals surface area (Å²) < 4.78 is 0. The van der Waals surface area contributed by atoms with Gasteiger partial charge in [0.25, 0.3) is 0 Å². The first-order valence-electron chi connectivity index (χ1n) is 4.82. The number of aliphatic hydroxyl groups excluding tert-OH is 1. The summed E-state index contributed by atoms with van der Waals surface area (Å²) in [7, 11) is 1.99. The van der Waals surface area contributed by atoms with Crippen molar-refractivity contribution in [3.63, 3.8) is 0 Å². The van der Waals surface area contributed by atoms with Gasteiger partial charge in [-0.3, -0.25) is 4.98 Å². The van der Waals surface area contributed by atoms with Gasteiger partial charge >= 0.3 is 0 Å². The summed E-state index contributed by atoms with van der Waals surface area (Å²) in [5, 5.41) is 8.96. The van der Waals surface area contributed by atoms with E-state index in [2.05, 4.69) is 28.0 Å². The van der Waals surface area contributed by atoms with Gasteiger partial charge in [0, 0.05) is 18.8 Å². The summed E-state index contributed by atoms with van der Waals surface area (Å²) in [6.45, 7) is 2.08. The maximum Gasteiger partial charge on any atom is 0.147 e. The molecule has 0 aliphatic carbocycles. The first kappa shape index (κ1) is 12.3. The number of hydrogen-bond donors (Lipinski definition) is 1. The topological polar surface area (TPSA) is 49.2 Å². The first-order valence-corrected chi connectivity index (χ1v) is 6.22. The minimum absolute atomic E-state index is 0.0639. The first-order chi connectivity index (χ1) is 7.19. The third kappa shape index (κ3) is 3.35. The number of nitrogens with zero attached hydrogens (tertiary/aromatic N) is 3. The third-order valence-corrected chi connectivity index (χ3v) is 3.08. The monoisotopic (exact) mass is 227 g/mol. The lowest BCUT2D eigenvalue weighted by Gasteiger charge is -2.25. The predicted octanol–water partition coefficient (Wildman–Crippen LogP) is 1.16. The van der Waals surface area contributed by atoms with Crippen molar-refractivity contribution in [2.24, 2.45) is 0 Å². The second kappa shape index (κ2) is 5.92. The molecule has 1 aromatic rings. The average Bonchev–Trinajstić information content (AvgIpc) is 2.28. The van der Waals surface area contributed by atoms with Gasteiger partial charge in [-0.2, -0.15) is 11.8 Å². The molecule has 1 heterocycles. The van der Waals surface area contributed by atoms with Crippen LogP contribution in [-0.2, 0) is 6.61 Å². The van der Waals surface area contributed by atoms with E-state index >= 15 is 0 Å². The molecule has 0 radical (unpaired) electrons. The molecule has 0 saturated carbocycles. The van der Waals surface area contributed by atoms with Crippen molar-refractivity contribution in [2.75, 3.05) is 24.0 Å². The molecule has 1 aromatic heterocycles. The summed E-state index contributed by atoms with van der Waals surface area (Å²) in [5.74, 6) is 1.85. The van der Waals surface area contributed by atoms with Crippen LogP contribution in [0.3, 0.4) is 0 Å². The van der Waals surface area contributed by atoms with Crippen LogP contribution in [0.15, 0.2) is 12.4 Å². The fourth-order valence-electron chi connectivity index (χ4n) is 1.22. The SMILES string of the molecule is CSCC(C)N(C)c1cncc(CO)n1. The Balaban J connectivity index is 2.76. The Hall–Kier alpha value is -0.810. The van der Waals surface area contributed by atoms with Gasteiger partial charge in [0.05, 0.1) is 24.7 Å². The van der Waals surface area contributed by atoms with Crippen molar-refractivity contribution < 1.29 is 5.11 Å². The van der Waals surface area contributed by atoms with E-state index in [1.54, 1.807) is 24.2 Å². The van der Waals surface area contributed by atoms with Crippen LogP contribution in [-0.4, -0.2) is 40.2 Å². The normalized spacial score (nSPS) is 12.5. The molecule has 0 aromatic carbocycles. The molecule has 1 N–H and O–H groups in total. The van der Waals surface area contributed by atoms with Crippen LogP contribution in [0.25, 0.3) is 0 Å². The van der Waals surface area contributed by atoms with Gasteiger partial charge in [-0.25, -0.2) is 4.98 Å². The van der Waals surface area contributed by atoms with Crippen molar-refractivity contribution in [1.82, 2.24) is 9.97 Å².